The summed E-state index contributed by atoms with van der Waals surface area (Å²) in [4.78, 5) is 0. The molecule has 1 rings (SSSR count). The van der Waals surface area contributed by atoms with Crippen LogP contribution in [0, 0.1) is 0 Å². The molecule has 104 valence electrons. The molecule has 0 heterocycles. The number of ether oxygens (including phenoxy) is 1. The lowest BCUT2D eigenvalue weighted by Crippen LogP contribution is -2.21. The van der Waals surface area contributed by atoms with Gasteiger partial charge in [-0.1, -0.05) is 22.9 Å². The number of halogens is 5. The molecule has 0 fully saturated rings. The van der Waals surface area contributed by atoms with Crippen LogP contribution < -0.4 is 10.5 Å². The molecule has 1 atom stereocenters. The van der Waals surface area contributed by atoms with Crippen molar-refractivity contribution in [2.45, 2.75) is 32.2 Å². The van der Waals surface area contributed by atoms with Gasteiger partial charge in [0.15, 0.2) is 0 Å². The highest BCUT2D eigenvalue weighted by molar-refractivity contribution is 9.10. The van der Waals surface area contributed by atoms with E-state index in [2.05, 4.69) is 20.7 Å². The summed E-state index contributed by atoms with van der Waals surface area (Å²) in [5.74, 6) is -0.231. The van der Waals surface area contributed by atoms with E-state index in [1.807, 2.05) is 6.92 Å². The molecule has 7 heteroatoms. The van der Waals surface area contributed by atoms with Gasteiger partial charge in [-0.15, -0.1) is 25.6 Å². The maximum Gasteiger partial charge on any atom is 0.573 e. The maximum atomic E-state index is 12.1. The smallest absolute Gasteiger partial charge is 0.406 e. The molecule has 1 aromatic rings. The van der Waals surface area contributed by atoms with Crippen molar-refractivity contribution >= 4 is 28.3 Å². The zero-order chi connectivity index (χ0) is 13.1. The monoisotopic (exact) mass is 347 g/mol. The molecule has 1 aromatic carbocycles. The Labute approximate surface area is 118 Å². The highest BCUT2D eigenvalue weighted by Gasteiger charge is 2.31. The van der Waals surface area contributed by atoms with Crippen molar-refractivity contribution in [3.63, 3.8) is 0 Å². The average Bonchev–Trinajstić information content (AvgIpc) is 2.13. The van der Waals surface area contributed by atoms with Crippen molar-refractivity contribution in [1.29, 1.82) is 0 Å². The van der Waals surface area contributed by atoms with Crippen LogP contribution in [0.5, 0.6) is 5.75 Å². The summed E-state index contributed by atoms with van der Waals surface area (Å²) in [6.45, 7) is 1.93. The molecule has 0 aromatic heterocycles. The average molecular weight is 349 g/mol. The lowest BCUT2D eigenvalue weighted by atomic mass is 10.0. The van der Waals surface area contributed by atoms with Crippen LogP contribution in [-0.2, 0) is 6.42 Å². The summed E-state index contributed by atoms with van der Waals surface area (Å²) in [5.41, 5.74) is 6.47. The summed E-state index contributed by atoms with van der Waals surface area (Å²) >= 11 is 3.14. The summed E-state index contributed by atoms with van der Waals surface area (Å²) in [5, 5.41) is 0. The third-order valence-corrected chi connectivity index (χ3v) is 2.64. The van der Waals surface area contributed by atoms with Crippen LogP contribution in [-0.4, -0.2) is 12.4 Å². The number of hydrogen-bond acceptors (Lipinski definition) is 2. The standard InChI is InChI=1S/C11H13BrF3NO.ClH/c1-2-9(16)4-7-3-8(12)6-10(5-7)17-11(13,14)15;/h3,5-6,9H,2,4,16H2,1H3;1H. The Hall–Kier alpha value is -0.460. The number of nitrogens with two attached hydrogens (primary N) is 1. The van der Waals surface area contributed by atoms with E-state index >= 15 is 0 Å². The normalized spacial score (nSPS) is 12.8. The van der Waals surface area contributed by atoms with Gasteiger partial charge in [0.1, 0.15) is 5.75 Å². The van der Waals surface area contributed by atoms with E-state index in [4.69, 9.17) is 5.73 Å². The predicted molar refractivity (Wildman–Crippen MR) is 70.0 cm³/mol. The minimum atomic E-state index is -4.68. The van der Waals surface area contributed by atoms with Gasteiger partial charge in [-0.3, -0.25) is 0 Å². The van der Waals surface area contributed by atoms with Gasteiger partial charge in [-0.2, -0.15) is 0 Å². The Kier molecular flexibility index (Phi) is 7.02. The summed E-state index contributed by atoms with van der Waals surface area (Å²) in [7, 11) is 0. The lowest BCUT2D eigenvalue weighted by molar-refractivity contribution is -0.274. The number of alkyl halides is 3. The molecule has 0 aliphatic heterocycles. The second-order valence-electron chi connectivity index (χ2n) is 3.72. The van der Waals surface area contributed by atoms with Crippen molar-refractivity contribution < 1.29 is 17.9 Å². The van der Waals surface area contributed by atoms with Gasteiger partial charge in [0, 0.05) is 10.5 Å². The topological polar surface area (TPSA) is 35.2 Å². The Balaban J connectivity index is 0.00000289. The Morgan fingerprint density at radius 3 is 2.44 bits per heavy atom. The van der Waals surface area contributed by atoms with Crippen LogP contribution >= 0.6 is 28.3 Å². The Morgan fingerprint density at radius 2 is 1.94 bits per heavy atom. The van der Waals surface area contributed by atoms with E-state index in [0.717, 1.165) is 6.42 Å². The minimum absolute atomic E-state index is 0. The Morgan fingerprint density at radius 1 is 1.33 bits per heavy atom. The van der Waals surface area contributed by atoms with E-state index in [0.29, 0.717) is 16.5 Å². The highest BCUT2D eigenvalue weighted by atomic mass is 79.9. The number of benzene rings is 1. The van der Waals surface area contributed by atoms with E-state index in [1.54, 1.807) is 6.07 Å². The molecule has 0 saturated carbocycles. The number of rotatable bonds is 4. The summed E-state index contributed by atoms with van der Waals surface area (Å²) in [6, 6.07) is 4.30. The van der Waals surface area contributed by atoms with Crippen molar-refractivity contribution in [1.82, 2.24) is 0 Å². The fourth-order valence-corrected chi connectivity index (χ4v) is 1.90. The van der Waals surface area contributed by atoms with Gasteiger partial charge < -0.3 is 10.5 Å². The zero-order valence-corrected chi connectivity index (χ0v) is 12.0. The van der Waals surface area contributed by atoms with Gasteiger partial charge in [-0.25, -0.2) is 0 Å². The molecule has 1 unspecified atom stereocenters. The van der Waals surface area contributed by atoms with Gasteiger partial charge in [0.05, 0.1) is 0 Å². The fraction of sp³-hybridized carbons (Fsp3) is 0.455. The first-order valence-electron chi connectivity index (χ1n) is 5.11. The molecule has 0 aliphatic rings. The first-order chi connectivity index (χ1) is 7.80. The molecule has 0 bridgehead atoms. The fourth-order valence-electron chi connectivity index (χ4n) is 1.38. The molecule has 0 spiro atoms. The maximum absolute atomic E-state index is 12.1. The zero-order valence-electron chi connectivity index (χ0n) is 9.63. The van der Waals surface area contributed by atoms with Gasteiger partial charge >= 0.3 is 6.36 Å². The van der Waals surface area contributed by atoms with Crippen LogP contribution in [0.15, 0.2) is 22.7 Å². The van der Waals surface area contributed by atoms with Crippen LogP contribution in [0.4, 0.5) is 13.2 Å². The van der Waals surface area contributed by atoms with E-state index in [9.17, 15) is 13.2 Å². The van der Waals surface area contributed by atoms with Crippen molar-refractivity contribution in [3.05, 3.63) is 28.2 Å². The van der Waals surface area contributed by atoms with Crippen molar-refractivity contribution in [3.8, 4) is 5.75 Å². The first-order valence-corrected chi connectivity index (χ1v) is 5.90. The van der Waals surface area contributed by atoms with Crippen molar-refractivity contribution in [2.75, 3.05) is 0 Å². The molecule has 2 nitrogen and oxygen atoms in total. The second kappa shape index (κ2) is 7.21. The quantitative estimate of drug-likeness (QED) is 0.891. The third kappa shape index (κ3) is 6.47. The van der Waals surface area contributed by atoms with Crippen molar-refractivity contribution in [2.24, 2.45) is 5.73 Å². The van der Waals surface area contributed by atoms with Crippen LogP contribution in [0.2, 0.25) is 0 Å². The van der Waals surface area contributed by atoms with E-state index in [-0.39, 0.29) is 24.2 Å². The lowest BCUT2D eigenvalue weighted by Gasteiger charge is -2.13. The minimum Gasteiger partial charge on any atom is -0.406 e. The van der Waals surface area contributed by atoms with Gasteiger partial charge in [0.2, 0.25) is 0 Å². The second-order valence-corrected chi connectivity index (χ2v) is 4.63. The SMILES string of the molecule is CCC(N)Cc1cc(Br)cc(OC(F)(F)F)c1.Cl. The molecule has 0 amide bonds. The molecule has 0 radical (unpaired) electrons. The highest BCUT2D eigenvalue weighted by Crippen LogP contribution is 2.27. The molecular formula is C11H14BrClF3NO. The summed E-state index contributed by atoms with van der Waals surface area (Å²) in [6.07, 6.45) is -3.39. The van der Waals surface area contributed by atoms with Crippen LogP contribution in [0.1, 0.15) is 18.9 Å². The molecule has 18 heavy (non-hydrogen) atoms. The first kappa shape index (κ1) is 17.5. The Bertz CT molecular complexity index is 387. The van der Waals surface area contributed by atoms with E-state index < -0.39 is 6.36 Å². The molecular weight excluding hydrogens is 334 g/mol. The third-order valence-electron chi connectivity index (χ3n) is 2.19. The van der Waals surface area contributed by atoms with Crippen LogP contribution in [0.3, 0.4) is 0 Å². The predicted octanol–water partition coefficient (Wildman–Crippen LogP) is 4.05. The van der Waals surface area contributed by atoms with Gasteiger partial charge in [0.25, 0.3) is 0 Å². The summed E-state index contributed by atoms with van der Waals surface area (Å²) < 4.78 is 40.6. The largest absolute Gasteiger partial charge is 0.573 e. The van der Waals surface area contributed by atoms with Crippen LogP contribution in [0.25, 0.3) is 0 Å². The van der Waals surface area contributed by atoms with E-state index in [1.165, 1.54) is 12.1 Å². The molecule has 0 saturated heterocycles. The molecule has 2 N–H and O–H groups in total. The number of hydrogen-bond donors (Lipinski definition) is 1. The van der Waals surface area contributed by atoms with Gasteiger partial charge in [-0.05, 0) is 36.6 Å². The molecule has 0 aliphatic carbocycles.